The van der Waals surface area contributed by atoms with Crippen molar-refractivity contribution in [3.63, 3.8) is 0 Å². The predicted molar refractivity (Wildman–Crippen MR) is 133 cm³/mol. The molecule has 0 saturated heterocycles. The third-order valence-corrected chi connectivity index (χ3v) is 7.10. The van der Waals surface area contributed by atoms with E-state index in [1.165, 1.54) is 16.9 Å². The first-order valence-electron chi connectivity index (χ1n) is 11.3. The minimum Gasteiger partial charge on any atom is -0.497 e. The van der Waals surface area contributed by atoms with Crippen molar-refractivity contribution in [1.82, 2.24) is 9.97 Å². The van der Waals surface area contributed by atoms with Gasteiger partial charge in [-0.3, -0.25) is 4.79 Å². The summed E-state index contributed by atoms with van der Waals surface area (Å²) in [7, 11) is 3.21. The number of hydrogen-bond donors (Lipinski definition) is 1. The van der Waals surface area contributed by atoms with E-state index in [1.807, 2.05) is 42.5 Å². The lowest BCUT2D eigenvalue weighted by Crippen LogP contribution is -2.11. The van der Waals surface area contributed by atoms with Crippen molar-refractivity contribution in [2.24, 2.45) is 0 Å². The van der Waals surface area contributed by atoms with E-state index in [0.29, 0.717) is 36.3 Å². The first kappa shape index (κ1) is 22.3. The van der Waals surface area contributed by atoms with Crippen molar-refractivity contribution in [2.75, 3.05) is 27.4 Å². The molecular weight excluding hydrogens is 452 g/mol. The zero-order valence-electron chi connectivity index (χ0n) is 19.2. The number of methoxy groups -OCH3 is 2. The fraction of sp³-hybridized carbons (Fsp3) is 0.308. The van der Waals surface area contributed by atoms with Gasteiger partial charge in [0, 0.05) is 16.5 Å². The Balaban J connectivity index is 1.31. The van der Waals surface area contributed by atoms with Gasteiger partial charge in [-0.05, 0) is 61.6 Å². The van der Waals surface area contributed by atoms with Crippen LogP contribution in [0, 0.1) is 0 Å². The molecule has 0 atom stereocenters. The summed E-state index contributed by atoms with van der Waals surface area (Å²) in [6.07, 6.45) is 4.30. The number of rotatable bonds is 8. The number of nitrogens with zero attached hydrogens (tertiary/aromatic N) is 1. The lowest BCUT2D eigenvalue weighted by Gasteiger charge is -2.13. The maximum Gasteiger partial charge on any atom is 0.260 e. The van der Waals surface area contributed by atoms with Gasteiger partial charge in [-0.25, -0.2) is 4.98 Å². The molecule has 0 aliphatic heterocycles. The molecule has 0 unspecified atom stereocenters. The van der Waals surface area contributed by atoms with Crippen molar-refractivity contribution in [2.45, 2.75) is 25.7 Å². The van der Waals surface area contributed by atoms with Gasteiger partial charge in [-0.15, -0.1) is 11.3 Å². The molecule has 2 heterocycles. The molecule has 0 fully saturated rings. The SMILES string of the molecule is COc1cccc(OCCOc2ccc(-c3nc4sc5c(c4c(=O)[nH]3)CCCC5)cc2OC)c1. The van der Waals surface area contributed by atoms with Crippen LogP contribution in [0.4, 0.5) is 0 Å². The van der Waals surface area contributed by atoms with Crippen molar-refractivity contribution in [3.8, 4) is 34.4 Å². The minimum atomic E-state index is -0.0756. The Kier molecular flexibility index (Phi) is 6.40. The van der Waals surface area contributed by atoms with Crippen molar-refractivity contribution in [1.29, 1.82) is 0 Å². The molecule has 1 aliphatic carbocycles. The topological polar surface area (TPSA) is 82.7 Å². The molecule has 7 nitrogen and oxygen atoms in total. The average Bonchev–Trinajstić information content (AvgIpc) is 3.26. The van der Waals surface area contributed by atoms with Crippen LogP contribution in [0.2, 0.25) is 0 Å². The van der Waals surface area contributed by atoms with Gasteiger partial charge >= 0.3 is 0 Å². The quantitative estimate of drug-likeness (QED) is 0.359. The van der Waals surface area contributed by atoms with Gasteiger partial charge in [-0.2, -0.15) is 0 Å². The van der Waals surface area contributed by atoms with E-state index >= 15 is 0 Å². The third kappa shape index (κ3) is 4.46. The van der Waals surface area contributed by atoms with E-state index in [1.54, 1.807) is 25.6 Å². The maximum atomic E-state index is 12.9. The first-order valence-corrected chi connectivity index (χ1v) is 12.1. The largest absolute Gasteiger partial charge is 0.497 e. The molecule has 5 rings (SSSR count). The summed E-state index contributed by atoms with van der Waals surface area (Å²) < 4.78 is 22.3. The van der Waals surface area contributed by atoms with Crippen LogP contribution in [0.15, 0.2) is 47.3 Å². The highest BCUT2D eigenvalue weighted by atomic mass is 32.1. The standard InChI is InChI=1S/C26H26N2O5S/c1-30-17-6-5-7-18(15-17)32-12-13-33-20-11-10-16(14-21(20)31-2)24-27-25(29)23-19-8-3-4-9-22(19)34-26(23)28-24/h5-7,10-11,14-15H,3-4,8-9,12-13H2,1-2H3,(H,27,28,29). The molecule has 0 spiro atoms. The summed E-state index contributed by atoms with van der Waals surface area (Å²) in [6, 6.07) is 13.0. The van der Waals surface area contributed by atoms with Gasteiger partial charge in [0.05, 0.1) is 19.6 Å². The number of thiophene rings is 1. The van der Waals surface area contributed by atoms with E-state index < -0.39 is 0 Å². The van der Waals surface area contributed by atoms with E-state index in [-0.39, 0.29) is 5.56 Å². The second-order valence-electron chi connectivity index (χ2n) is 8.05. The summed E-state index contributed by atoms with van der Waals surface area (Å²) in [5, 5.41) is 0.756. The molecule has 1 N–H and O–H groups in total. The number of ether oxygens (including phenoxy) is 4. The van der Waals surface area contributed by atoms with E-state index in [9.17, 15) is 4.79 Å². The summed E-state index contributed by atoms with van der Waals surface area (Å²) >= 11 is 1.64. The molecule has 34 heavy (non-hydrogen) atoms. The molecule has 2 aromatic carbocycles. The van der Waals surface area contributed by atoms with E-state index in [2.05, 4.69) is 4.98 Å². The van der Waals surface area contributed by atoms with Crippen LogP contribution in [0.3, 0.4) is 0 Å². The average molecular weight is 479 g/mol. The monoisotopic (exact) mass is 478 g/mol. The number of hydrogen-bond acceptors (Lipinski definition) is 7. The highest BCUT2D eigenvalue weighted by Gasteiger charge is 2.20. The van der Waals surface area contributed by atoms with Gasteiger partial charge in [0.1, 0.15) is 35.4 Å². The zero-order valence-corrected chi connectivity index (χ0v) is 20.0. The van der Waals surface area contributed by atoms with Crippen LogP contribution in [0.1, 0.15) is 23.3 Å². The van der Waals surface area contributed by atoms with Gasteiger partial charge in [0.15, 0.2) is 11.5 Å². The molecule has 0 amide bonds. The van der Waals surface area contributed by atoms with Gasteiger partial charge in [0.2, 0.25) is 0 Å². The summed E-state index contributed by atoms with van der Waals surface area (Å²) in [5.41, 5.74) is 1.87. The number of nitrogens with one attached hydrogen (secondary N) is 1. The molecular formula is C26H26N2O5S. The van der Waals surface area contributed by atoms with Crippen molar-refractivity contribution >= 4 is 21.6 Å². The summed E-state index contributed by atoms with van der Waals surface area (Å²) in [4.78, 5) is 22.7. The Labute approximate surface area is 201 Å². The molecule has 0 bridgehead atoms. The molecule has 0 saturated carbocycles. The van der Waals surface area contributed by atoms with Crippen LogP contribution in [0.5, 0.6) is 23.0 Å². The number of H-pyrrole nitrogens is 1. The summed E-state index contributed by atoms with van der Waals surface area (Å²) in [6.45, 7) is 0.710. The molecule has 1 aliphatic rings. The lowest BCUT2D eigenvalue weighted by atomic mass is 9.97. The smallest absolute Gasteiger partial charge is 0.260 e. The van der Waals surface area contributed by atoms with Gasteiger partial charge in [0.25, 0.3) is 5.56 Å². The third-order valence-electron chi connectivity index (χ3n) is 5.91. The number of fused-ring (bicyclic) bond motifs is 3. The Bertz CT molecular complexity index is 1380. The van der Waals surface area contributed by atoms with Crippen LogP contribution in [-0.2, 0) is 12.8 Å². The molecule has 176 valence electrons. The second-order valence-corrected chi connectivity index (χ2v) is 9.13. The fourth-order valence-corrected chi connectivity index (χ4v) is 5.50. The second kappa shape index (κ2) is 9.77. The zero-order chi connectivity index (χ0) is 23.5. The Morgan fingerprint density at radius 3 is 2.62 bits per heavy atom. The fourth-order valence-electron chi connectivity index (χ4n) is 4.24. The Hall–Kier alpha value is -3.52. The normalized spacial score (nSPS) is 12.9. The van der Waals surface area contributed by atoms with Crippen LogP contribution >= 0.6 is 11.3 Å². The van der Waals surface area contributed by atoms with E-state index in [0.717, 1.165) is 40.8 Å². The molecule has 2 aromatic heterocycles. The van der Waals surface area contributed by atoms with E-state index in [4.69, 9.17) is 23.9 Å². The van der Waals surface area contributed by atoms with Crippen molar-refractivity contribution in [3.05, 3.63) is 63.3 Å². The number of aromatic amines is 1. The minimum absolute atomic E-state index is 0.0756. The van der Waals surface area contributed by atoms with Gasteiger partial charge < -0.3 is 23.9 Å². The predicted octanol–water partition coefficient (Wildman–Crippen LogP) is 5.01. The summed E-state index contributed by atoms with van der Waals surface area (Å²) in [5.74, 6) is 3.14. The molecule has 0 radical (unpaired) electrons. The highest BCUT2D eigenvalue weighted by Crippen LogP contribution is 2.35. The number of benzene rings is 2. The lowest BCUT2D eigenvalue weighted by molar-refractivity contribution is 0.211. The van der Waals surface area contributed by atoms with Crippen molar-refractivity contribution < 1.29 is 18.9 Å². The Morgan fingerprint density at radius 1 is 0.941 bits per heavy atom. The maximum absolute atomic E-state index is 12.9. The first-order chi connectivity index (χ1) is 16.7. The van der Waals surface area contributed by atoms with Crippen LogP contribution < -0.4 is 24.5 Å². The number of aromatic nitrogens is 2. The van der Waals surface area contributed by atoms with Gasteiger partial charge in [-0.1, -0.05) is 6.07 Å². The van der Waals surface area contributed by atoms with Crippen LogP contribution in [-0.4, -0.2) is 37.4 Å². The number of aryl methyl sites for hydroxylation is 2. The Morgan fingerprint density at radius 2 is 1.76 bits per heavy atom. The molecule has 4 aromatic rings. The van der Waals surface area contributed by atoms with Crippen LogP contribution in [0.25, 0.3) is 21.6 Å². The molecule has 8 heteroatoms. The highest BCUT2D eigenvalue weighted by molar-refractivity contribution is 7.18.